The minimum absolute atomic E-state index is 0.0361. The number of nitrogens with one attached hydrogen (secondary N) is 1. The number of hydrogen-bond donors (Lipinski definition) is 1. The number of alkyl halides is 3. The molecule has 0 radical (unpaired) electrons. The normalized spacial score (nSPS) is 12.0. The first-order chi connectivity index (χ1) is 9.93. The van der Waals surface area contributed by atoms with E-state index < -0.39 is 16.3 Å². The lowest BCUT2D eigenvalue weighted by molar-refractivity contribution is -0.138. The van der Waals surface area contributed by atoms with Crippen molar-refractivity contribution >= 4 is 39.1 Å². The van der Waals surface area contributed by atoms with Crippen LogP contribution in [0.4, 0.5) is 13.2 Å². The molecule has 0 aliphatic carbocycles. The highest BCUT2D eigenvalue weighted by Gasteiger charge is 2.36. The van der Waals surface area contributed by atoms with Gasteiger partial charge in [-0.2, -0.15) is 13.2 Å². The second-order valence-electron chi connectivity index (χ2n) is 4.03. The molecule has 0 unspecified atom stereocenters. The van der Waals surface area contributed by atoms with Crippen molar-refractivity contribution in [2.75, 3.05) is 0 Å². The average Bonchev–Trinajstić information content (AvgIpc) is 3.03. The molecule has 0 bridgehead atoms. The minimum Gasteiger partial charge on any atom is -0.351 e. The summed E-state index contributed by atoms with van der Waals surface area (Å²) >= 11 is 0.974. The molecule has 3 rings (SSSR count). The molecule has 108 valence electrons. The average molecular weight is 329 g/mol. The molecule has 3 aromatic rings. The number of aromatic amines is 1. The van der Waals surface area contributed by atoms with Crippen LogP contribution in [0.3, 0.4) is 0 Å². The zero-order valence-corrected chi connectivity index (χ0v) is 11.8. The summed E-state index contributed by atoms with van der Waals surface area (Å²) in [6.45, 7) is 0. The number of carbonyl (C=O) groups is 1. The van der Waals surface area contributed by atoms with E-state index >= 15 is 0 Å². The topological polar surface area (TPSA) is 58.6 Å². The number of para-hydroxylation sites is 1. The van der Waals surface area contributed by atoms with Crippen LogP contribution in [0.25, 0.3) is 10.9 Å². The van der Waals surface area contributed by atoms with E-state index in [0.29, 0.717) is 28.8 Å². The van der Waals surface area contributed by atoms with Crippen molar-refractivity contribution in [2.45, 2.75) is 10.5 Å². The summed E-state index contributed by atoms with van der Waals surface area (Å²) < 4.78 is 37.2. The van der Waals surface area contributed by atoms with Gasteiger partial charge in [-0.1, -0.05) is 29.5 Å². The molecule has 0 atom stereocenters. The van der Waals surface area contributed by atoms with Crippen LogP contribution in [-0.2, 0) is 6.18 Å². The summed E-state index contributed by atoms with van der Waals surface area (Å²) in [5.41, 5.74) is 1.10. The lowest BCUT2D eigenvalue weighted by Crippen LogP contribution is -2.03. The van der Waals surface area contributed by atoms with Gasteiger partial charge in [-0.25, -0.2) is 0 Å². The Morgan fingerprint density at radius 3 is 2.67 bits per heavy atom. The molecule has 2 heterocycles. The predicted molar refractivity (Wildman–Crippen MR) is 73.4 cm³/mol. The summed E-state index contributed by atoms with van der Waals surface area (Å²) in [7, 11) is 0. The predicted octanol–water partition coefficient (Wildman–Crippen LogP) is 3.97. The van der Waals surface area contributed by atoms with Gasteiger partial charge in [0.1, 0.15) is 0 Å². The van der Waals surface area contributed by atoms with Crippen LogP contribution in [-0.4, -0.2) is 20.3 Å². The Labute approximate surface area is 124 Å². The van der Waals surface area contributed by atoms with Crippen molar-refractivity contribution in [3.63, 3.8) is 0 Å². The first-order valence-corrected chi connectivity index (χ1v) is 7.27. The molecular formula is C12H6F3N3OS2. The number of halogens is 3. The molecule has 0 saturated carbocycles. The van der Waals surface area contributed by atoms with Crippen molar-refractivity contribution in [1.82, 2.24) is 15.2 Å². The smallest absolute Gasteiger partial charge is 0.351 e. The maximum atomic E-state index is 12.4. The van der Waals surface area contributed by atoms with Crippen LogP contribution < -0.4 is 0 Å². The molecule has 1 N–H and O–H groups in total. The molecule has 0 aliphatic rings. The summed E-state index contributed by atoms with van der Waals surface area (Å²) in [5, 5.41) is 5.81. The van der Waals surface area contributed by atoms with Gasteiger partial charge in [0, 0.05) is 10.9 Å². The van der Waals surface area contributed by atoms with E-state index in [1.54, 1.807) is 6.07 Å². The van der Waals surface area contributed by atoms with Gasteiger partial charge in [-0.15, -0.1) is 10.2 Å². The molecule has 2 aromatic heterocycles. The summed E-state index contributed by atoms with van der Waals surface area (Å²) in [6.07, 6.45) is -4.54. The molecule has 0 amide bonds. The Bertz CT molecular complexity index is 776. The van der Waals surface area contributed by atoms with Crippen LogP contribution in [0.5, 0.6) is 0 Å². The fourth-order valence-electron chi connectivity index (χ4n) is 1.68. The number of fused-ring (bicyclic) bond motifs is 1. The van der Waals surface area contributed by atoms with Gasteiger partial charge in [0.05, 0.1) is 5.69 Å². The first-order valence-electron chi connectivity index (χ1n) is 5.64. The van der Waals surface area contributed by atoms with Crippen LogP contribution in [0.1, 0.15) is 15.5 Å². The number of rotatable bonds is 2. The standard InChI is InChI=1S/C12H6F3N3OS2/c13-12(14,15)10-17-18-11(21-10)20-9(19)8-5-6-3-1-2-4-7(6)16-8/h1-5,16H. The van der Waals surface area contributed by atoms with Gasteiger partial charge in [-0.3, -0.25) is 4.79 Å². The van der Waals surface area contributed by atoms with E-state index in [1.165, 1.54) is 0 Å². The second kappa shape index (κ2) is 5.15. The molecule has 0 spiro atoms. The third-order valence-corrected chi connectivity index (χ3v) is 4.50. The molecule has 21 heavy (non-hydrogen) atoms. The molecule has 4 nitrogen and oxygen atoms in total. The minimum atomic E-state index is -4.54. The SMILES string of the molecule is O=C(Sc1nnc(C(F)(F)F)s1)c1cc2ccccc2[nH]1. The van der Waals surface area contributed by atoms with E-state index in [2.05, 4.69) is 15.2 Å². The van der Waals surface area contributed by atoms with Gasteiger partial charge in [-0.05, 0) is 23.9 Å². The summed E-state index contributed by atoms with van der Waals surface area (Å²) in [5.74, 6) is 0. The summed E-state index contributed by atoms with van der Waals surface area (Å²) in [4.78, 5) is 14.9. The molecule has 0 fully saturated rings. The Kier molecular flexibility index (Phi) is 3.46. The van der Waals surface area contributed by atoms with Gasteiger partial charge in [0.25, 0.3) is 0 Å². The van der Waals surface area contributed by atoms with Gasteiger partial charge >= 0.3 is 6.18 Å². The van der Waals surface area contributed by atoms with Crippen LogP contribution in [0, 0.1) is 0 Å². The van der Waals surface area contributed by atoms with Crippen molar-refractivity contribution in [1.29, 1.82) is 0 Å². The fraction of sp³-hybridized carbons (Fsp3) is 0.0833. The quantitative estimate of drug-likeness (QED) is 0.723. The molecule has 0 aliphatic heterocycles. The Morgan fingerprint density at radius 2 is 2.00 bits per heavy atom. The van der Waals surface area contributed by atoms with E-state index in [1.807, 2.05) is 24.3 Å². The Balaban J connectivity index is 1.81. The third-order valence-electron chi connectivity index (χ3n) is 2.58. The number of thioether (sulfide) groups is 1. The second-order valence-corrected chi connectivity index (χ2v) is 6.23. The van der Waals surface area contributed by atoms with Gasteiger partial charge < -0.3 is 4.98 Å². The lowest BCUT2D eigenvalue weighted by Gasteiger charge is -1.97. The third kappa shape index (κ3) is 2.93. The number of H-pyrrole nitrogens is 1. The van der Waals surface area contributed by atoms with Gasteiger partial charge in [0.2, 0.25) is 10.1 Å². The largest absolute Gasteiger partial charge is 0.445 e. The zero-order valence-electron chi connectivity index (χ0n) is 10.1. The highest BCUT2D eigenvalue weighted by Crippen LogP contribution is 2.35. The van der Waals surface area contributed by atoms with Crippen LogP contribution in [0.2, 0.25) is 0 Å². The molecular weight excluding hydrogens is 323 g/mol. The van der Waals surface area contributed by atoms with Crippen molar-refractivity contribution in [3.05, 3.63) is 41.0 Å². The zero-order chi connectivity index (χ0) is 15.0. The van der Waals surface area contributed by atoms with Crippen molar-refractivity contribution in [3.8, 4) is 0 Å². The Morgan fingerprint density at radius 1 is 1.24 bits per heavy atom. The fourth-order valence-corrected chi connectivity index (χ4v) is 3.22. The maximum Gasteiger partial charge on any atom is 0.445 e. The number of hydrogen-bond acceptors (Lipinski definition) is 5. The van der Waals surface area contributed by atoms with Crippen molar-refractivity contribution < 1.29 is 18.0 Å². The number of benzene rings is 1. The molecule has 0 saturated heterocycles. The molecule has 1 aromatic carbocycles. The Hall–Kier alpha value is -1.87. The number of carbonyl (C=O) groups excluding carboxylic acids is 1. The van der Waals surface area contributed by atoms with Crippen LogP contribution in [0.15, 0.2) is 34.7 Å². The van der Waals surface area contributed by atoms with E-state index in [9.17, 15) is 18.0 Å². The maximum absolute atomic E-state index is 12.4. The van der Waals surface area contributed by atoms with Crippen molar-refractivity contribution in [2.24, 2.45) is 0 Å². The summed E-state index contributed by atoms with van der Waals surface area (Å²) in [6, 6.07) is 8.94. The highest BCUT2D eigenvalue weighted by molar-refractivity contribution is 8.15. The van der Waals surface area contributed by atoms with E-state index in [4.69, 9.17) is 0 Å². The highest BCUT2D eigenvalue weighted by atomic mass is 32.2. The van der Waals surface area contributed by atoms with Crippen LogP contribution >= 0.6 is 23.1 Å². The molecule has 9 heteroatoms. The monoisotopic (exact) mass is 329 g/mol. The number of nitrogens with zero attached hydrogens (tertiary/aromatic N) is 2. The number of aromatic nitrogens is 3. The van der Waals surface area contributed by atoms with E-state index in [-0.39, 0.29) is 4.34 Å². The van der Waals surface area contributed by atoms with E-state index in [0.717, 1.165) is 10.9 Å². The van der Waals surface area contributed by atoms with Gasteiger partial charge in [0.15, 0.2) is 4.34 Å². The first kappa shape index (κ1) is 14.1. The lowest BCUT2D eigenvalue weighted by atomic mass is 10.2.